The molecule has 0 radical (unpaired) electrons. The molecule has 0 fully saturated rings. The van der Waals surface area contributed by atoms with Crippen molar-refractivity contribution >= 4 is 11.7 Å². The van der Waals surface area contributed by atoms with E-state index in [1.165, 1.54) is 22.9 Å². The third-order valence-electron chi connectivity index (χ3n) is 2.52. The Morgan fingerprint density at radius 1 is 1.24 bits per heavy atom. The molecule has 7 heteroatoms. The van der Waals surface area contributed by atoms with Crippen LogP contribution in [0.3, 0.4) is 0 Å². The van der Waals surface area contributed by atoms with Gasteiger partial charge in [0.05, 0.1) is 10.6 Å². The molecule has 7 nitrogen and oxygen atoms in total. The maximum atomic E-state index is 11.9. The summed E-state index contributed by atoms with van der Waals surface area (Å²) in [4.78, 5) is 22.0. The van der Waals surface area contributed by atoms with Gasteiger partial charge in [-0.25, -0.2) is 9.48 Å². The van der Waals surface area contributed by atoms with Gasteiger partial charge in [-0.05, 0) is 39.0 Å². The van der Waals surface area contributed by atoms with Crippen LogP contribution in [0.25, 0.3) is 5.69 Å². The Kier molecular flexibility index (Phi) is 3.75. The minimum Gasteiger partial charge on any atom is -0.455 e. The maximum absolute atomic E-state index is 11.9. The van der Waals surface area contributed by atoms with Crippen LogP contribution in [0.2, 0.25) is 0 Å². The molecule has 0 N–H and O–H groups in total. The molecule has 1 aromatic carbocycles. The summed E-state index contributed by atoms with van der Waals surface area (Å²) in [5.41, 5.74) is 0.214. The van der Waals surface area contributed by atoms with Crippen molar-refractivity contribution in [1.82, 2.24) is 9.78 Å². The van der Waals surface area contributed by atoms with Crippen molar-refractivity contribution in [2.45, 2.75) is 26.4 Å². The summed E-state index contributed by atoms with van der Waals surface area (Å²) in [6, 6.07) is 7.41. The van der Waals surface area contributed by atoms with Gasteiger partial charge < -0.3 is 4.74 Å². The fraction of sp³-hybridized carbons (Fsp3) is 0.286. The normalized spacial score (nSPS) is 11.2. The lowest BCUT2D eigenvalue weighted by molar-refractivity contribution is -0.384. The van der Waals surface area contributed by atoms with Crippen LogP contribution in [-0.4, -0.2) is 26.3 Å². The van der Waals surface area contributed by atoms with Crippen molar-refractivity contribution in [3.05, 3.63) is 52.3 Å². The molecule has 0 bridgehead atoms. The van der Waals surface area contributed by atoms with Gasteiger partial charge in [-0.15, -0.1) is 0 Å². The first-order valence-corrected chi connectivity index (χ1v) is 6.30. The van der Waals surface area contributed by atoms with Crippen LogP contribution in [-0.2, 0) is 4.74 Å². The van der Waals surface area contributed by atoms with Crippen molar-refractivity contribution in [3.8, 4) is 5.69 Å². The summed E-state index contributed by atoms with van der Waals surface area (Å²) in [7, 11) is 0. The van der Waals surface area contributed by atoms with E-state index >= 15 is 0 Å². The molecule has 0 aliphatic heterocycles. The van der Waals surface area contributed by atoms with E-state index in [1.54, 1.807) is 39.1 Å². The summed E-state index contributed by atoms with van der Waals surface area (Å²) in [6.45, 7) is 5.33. The second kappa shape index (κ2) is 5.35. The Hall–Kier alpha value is -2.70. The molecule has 2 rings (SSSR count). The summed E-state index contributed by atoms with van der Waals surface area (Å²) < 4.78 is 6.68. The predicted molar refractivity (Wildman–Crippen MR) is 75.4 cm³/mol. The van der Waals surface area contributed by atoms with Crippen LogP contribution in [0.1, 0.15) is 31.3 Å². The van der Waals surface area contributed by atoms with Crippen molar-refractivity contribution in [2.75, 3.05) is 0 Å². The lowest BCUT2D eigenvalue weighted by atomic mass is 10.2. The summed E-state index contributed by atoms with van der Waals surface area (Å²) >= 11 is 0. The molecule has 21 heavy (non-hydrogen) atoms. The second-order valence-electron chi connectivity index (χ2n) is 5.42. The predicted octanol–water partition coefficient (Wildman–Crippen LogP) is 2.74. The minimum absolute atomic E-state index is 0.00160. The molecule has 0 atom stereocenters. The molecule has 0 spiro atoms. The van der Waals surface area contributed by atoms with Crippen molar-refractivity contribution in [3.63, 3.8) is 0 Å². The molecule has 0 amide bonds. The maximum Gasteiger partial charge on any atom is 0.359 e. The highest BCUT2D eigenvalue weighted by molar-refractivity contribution is 5.87. The van der Waals surface area contributed by atoms with Gasteiger partial charge in [0.25, 0.3) is 5.69 Å². The third-order valence-corrected chi connectivity index (χ3v) is 2.52. The van der Waals surface area contributed by atoms with E-state index in [0.717, 1.165) is 0 Å². The molecule has 0 saturated carbocycles. The van der Waals surface area contributed by atoms with Crippen molar-refractivity contribution < 1.29 is 14.5 Å². The van der Waals surface area contributed by atoms with Crippen LogP contribution >= 0.6 is 0 Å². The number of esters is 1. The number of hydrogen-bond donors (Lipinski definition) is 0. The molecule has 110 valence electrons. The van der Waals surface area contributed by atoms with Gasteiger partial charge in [-0.1, -0.05) is 0 Å². The fourth-order valence-electron chi connectivity index (χ4n) is 1.63. The number of benzene rings is 1. The Labute approximate surface area is 121 Å². The zero-order valence-corrected chi connectivity index (χ0v) is 11.9. The third kappa shape index (κ3) is 3.65. The second-order valence-corrected chi connectivity index (χ2v) is 5.42. The lowest BCUT2D eigenvalue weighted by Crippen LogP contribution is -2.24. The fourth-order valence-corrected chi connectivity index (χ4v) is 1.63. The van der Waals surface area contributed by atoms with Gasteiger partial charge >= 0.3 is 5.97 Å². The lowest BCUT2D eigenvalue weighted by Gasteiger charge is -2.18. The van der Waals surface area contributed by atoms with E-state index in [4.69, 9.17) is 4.74 Å². The minimum atomic E-state index is -0.589. The van der Waals surface area contributed by atoms with Crippen LogP contribution < -0.4 is 0 Å². The van der Waals surface area contributed by atoms with Crippen molar-refractivity contribution in [2.24, 2.45) is 0 Å². The summed E-state index contributed by atoms with van der Waals surface area (Å²) in [6.07, 6.45) is 1.60. The van der Waals surface area contributed by atoms with Gasteiger partial charge in [-0.3, -0.25) is 10.1 Å². The highest BCUT2D eigenvalue weighted by Gasteiger charge is 2.20. The Morgan fingerprint density at radius 3 is 2.38 bits per heavy atom. The molecule has 0 saturated heterocycles. The molecule has 1 heterocycles. The Morgan fingerprint density at radius 2 is 1.86 bits per heavy atom. The van der Waals surface area contributed by atoms with Gasteiger partial charge in [0.1, 0.15) is 5.60 Å². The SMILES string of the molecule is CC(C)(C)OC(=O)c1ccn(-c2ccc([N+](=O)[O-])cc2)n1. The molecule has 0 unspecified atom stereocenters. The molecule has 0 aliphatic carbocycles. The monoisotopic (exact) mass is 289 g/mol. The Bertz CT molecular complexity index is 668. The smallest absolute Gasteiger partial charge is 0.359 e. The first-order chi connectivity index (χ1) is 9.76. The summed E-state index contributed by atoms with van der Waals surface area (Å²) in [5.74, 6) is -0.511. The molecular formula is C14H15N3O4. The highest BCUT2D eigenvalue weighted by atomic mass is 16.6. The number of nitro groups is 1. The molecule has 1 aromatic heterocycles. The van der Waals surface area contributed by atoms with E-state index in [0.29, 0.717) is 5.69 Å². The van der Waals surface area contributed by atoms with Gasteiger partial charge in [0.15, 0.2) is 5.69 Å². The number of nitro benzene ring substituents is 1. The number of aromatic nitrogens is 2. The van der Waals surface area contributed by atoms with Crippen LogP contribution in [0.4, 0.5) is 5.69 Å². The van der Waals surface area contributed by atoms with E-state index in [2.05, 4.69) is 5.10 Å². The number of hydrogen-bond acceptors (Lipinski definition) is 5. The number of carbonyl (C=O) groups excluding carboxylic acids is 1. The number of carbonyl (C=O) groups is 1. The van der Waals surface area contributed by atoms with E-state index < -0.39 is 16.5 Å². The van der Waals surface area contributed by atoms with Gasteiger partial charge in [0, 0.05) is 18.3 Å². The van der Waals surface area contributed by atoms with Gasteiger partial charge in [0.2, 0.25) is 0 Å². The zero-order chi connectivity index (χ0) is 15.6. The van der Waals surface area contributed by atoms with Crippen LogP contribution in [0.5, 0.6) is 0 Å². The summed E-state index contributed by atoms with van der Waals surface area (Å²) in [5, 5.41) is 14.7. The van der Waals surface area contributed by atoms with E-state index in [1.807, 2.05) is 0 Å². The van der Waals surface area contributed by atoms with E-state index in [-0.39, 0.29) is 11.4 Å². The standard InChI is InChI=1S/C14H15N3O4/c1-14(2,3)21-13(18)12-8-9-16(15-12)10-4-6-11(7-5-10)17(19)20/h4-9H,1-3H3. The average molecular weight is 289 g/mol. The Balaban J connectivity index is 2.19. The first kappa shape index (κ1) is 14.7. The van der Waals surface area contributed by atoms with Gasteiger partial charge in [-0.2, -0.15) is 5.10 Å². The molecule has 2 aromatic rings. The largest absolute Gasteiger partial charge is 0.455 e. The van der Waals surface area contributed by atoms with Crippen LogP contribution in [0, 0.1) is 10.1 Å². The zero-order valence-electron chi connectivity index (χ0n) is 11.9. The van der Waals surface area contributed by atoms with Crippen LogP contribution in [0.15, 0.2) is 36.5 Å². The van der Waals surface area contributed by atoms with Crippen molar-refractivity contribution in [1.29, 1.82) is 0 Å². The number of ether oxygens (including phenoxy) is 1. The number of non-ortho nitro benzene ring substituents is 1. The molecular weight excluding hydrogens is 274 g/mol. The number of nitrogens with zero attached hydrogens (tertiary/aromatic N) is 3. The number of rotatable bonds is 3. The van der Waals surface area contributed by atoms with E-state index in [9.17, 15) is 14.9 Å². The quantitative estimate of drug-likeness (QED) is 0.492. The average Bonchev–Trinajstić information content (AvgIpc) is 2.86. The topological polar surface area (TPSA) is 87.3 Å². The highest BCUT2D eigenvalue weighted by Crippen LogP contribution is 2.16. The molecule has 0 aliphatic rings. The first-order valence-electron chi connectivity index (χ1n) is 6.30.